The largest absolute Gasteiger partial charge is 0.481 e. The molecule has 1 aliphatic rings. The first-order valence-corrected chi connectivity index (χ1v) is 7.13. The number of allylic oxidation sites excluding steroid dienone is 2. The molecule has 0 unspecified atom stereocenters. The van der Waals surface area contributed by atoms with Crippen molar-refractivity contribution in [2.24, 2.45) is 11.8 Å². The van der Waals surface area contributed by atoms with Crippen molar-refractivity contribution in [2.75, 3.05) is 0 Å². The van der Waals surface area contributed by atoms with Gasteiger partial charge in [0.2, 0.25) is 0 Å². The summed E-state index contributed by atoms with van der Waals surface area (Å²) in [5.74, 6) is -2.00. The second-order valence-electron chi connectivity index (χ2n) is 5.32. The van der Waals surface area contributed by atoms with Gasteiger partial charge in [0.25, 0.3) is 0 Å². The van der Waals surface area contributed by atoms with E-state index in [1.807, 2.05) is 12.2 Å². The molecule has 1 rings (SSSR count). The van der Waals surface area contributed by atoms with Gasteiger partial charge in [-0.05, 0) is 19.3 Å². The van der Waals surface area contributed by atoms with Gasteiger partial charge in [-0.2, -0.15) is 0 Å². The van der Waals surface area contributed by atoms with Crippen LogP contribution in [-0.4, -0.2) is 40.6 Å². The van der Waals surface area contributed by atoms with Crippen molar-refractivity contribution < 1.29 is 29.3 Å². The highest BCUT2D eigenvalue weighted by atomic mass is 16.5. The average molecular weight is 298 g/mol. The van der Waals surface area contributed by atoms with Gasteiger partial charge in [0.05, 0.1) is 6.10 Å². The maximum atomic E-state index is 11.1. The number of aliphatic hydroxyl groups excluding tert-OH is 1. The molecular formula is C15H22O6. The summed E-state index contributed by atoms with van der Waals surface area (Å²) in [5.41, 5.74) is 0. The average Bonchev–Trinajstić information content (AvgIpc) is 2.67. The minimum Gasteiger partial charge on any atom is -0.481 e. The molecule has 0 aliphatic heterocycles. The Morgan fingerprint density at radius 1 is 1.33 bits per heavy atom. The smallest absolute Gasteiger partial charge is 0.303 e. The fourth-order valence-electron chi connectivity index (χ4n) is 2.69. The molecule has 0 radical (unpaired) electrons. The standard InChI is InChI=1S/C15H22O6/c1-10(17)21-14-8-13(18)12(9-16)11(14)6-4-2-3-5-7-15(19)20/h2,4,9,11-14,18H,3,5-8H2,1H3,(H,19,20)/b4-2-/t11-,12-,13-,14+/m0/s1. The summed E-state index contributed by atoms with van der Waals surface area (Å²) < 4.78 is 5.17. The third-order valence-electron chi connectivity index (χ3n) is 3.70. The predicted octanol–water partition coefficient (Wildman–Crippen LogP) is 1.32. The first-order chi connectivity index (χ1) is 9.95. The van der Waals surface area contributed by atoms with Crippen LogP contribution in [0, 0.1) is 11.8 Å². The van der Waals surface area contributed by atoms with Gasteiger partial charge in [-0.25, -0.2) is 0 Å². The number of aliphatic carboxylic acids is 1. The summed E-state index contributed by atoms with van der Waals surface area (Å²) in [6, 6.07) is 0. The molecule has 0 saturated heterocycles. The van der Waals surface area contributed by atoms with E-state index in [0.717, 1.165) is 6.29 Å². The summed E-state index contributed by atoms with van der Waals surface area (Å²) in [6.07, 6.45) is 5.34. The Hall–Kier alpha value is -1.69. The Morgan fingerprint density at radius 2 is 2.05 bits per heavy atom. The number of unbranched alkanes of at least 4 members (excludes halogenated alkanes) is 1. The number of carboxylic acids is 1. The molecule has 6 nitrogen and oxygen atoms in total. The fraction of sp³-hybridized carbons (Fsp3) is 0.667. The summed E-state index contributed by atoms with van der Waals surface area (Å²) >= 11 is 0. The first-order valence-electron chi connectivity index (χ1n) is 7.13. The summed E-state index contributed by atoms with van der Waals surface area (Å²) in [5, 5.41) is 18.4. The molecule has 21 heavy (non-hydrogen) atoms. The van der Waals surface area contributed by atoms with Gasteiger partial charge >= 0.3 is 11.9 Å². The molecule has 0 aromatic heterocycles. The second-order valence-corrected chi connectivity index (χ2v) is 5.32. The number of carboxylic acid groups (broad SMARTS) is 1. The van der Waals surface area contributed by atoms with E-state index in [1.165, 1.54) is 6.92 Å². The Labute approximate surface area is 123 Å². The van der Waals surface area contributed by atoms with Crippen LogP contribution >= 0.6 is 0 Å². The van der Waals surface area contributed by atoms with E-state index < -0.39 is 30.1 Å². The number of aldehydes is 1. The third-order valence-corrected chi connectivity index (χ3v) is 3.70. The van der Waals surface area contributed by atoms with E-state index in [4.69, 9.17) is 9.84 Å². The summed E-state index contributed by atoms with van der Waals surface area (Å²) in [6.45, 7) is 1.30. The monoisotopic (exact) mass is 298 g/mol. The van der Waals surface area contributed by atoms with E-state index in [2.05, 4.69) is 0 Å². The van der Waals surface area contributed by atoms with Crippen molar-refractivity contribution in [1.29, 1.82) is 0 Å². The lowest BCUT2D eigenvalue weighted by Crippen LogP contribution is -2.25. The van der Waals surface area contributed by atoms with Gasteiger partial charge in [0, 0.05) is 31.6 Å². The lowest BCUT2D eigenvalue weighted by molar-refractivity contribution is -0.148. The highest BCUT2D eigenvalue weighted by Gasteiger charge is 2.43. The number of hydrogen-bond donors (Lipinski definition) is 2. The normalized spacial score (nSPS) is 28.7. The predicted molar refractivity (Wildman–Crippen MR) is 74.5 cm³/mol. The zero-order valence-electron chi connectivity index (χ0n) is 12.1. The van der Waals surface area contributed by atoms with Gasteiger partial charge in [-0.15, -0.1) is 0 Å². The highest BCUT2D eigenvalue weighted by molar-refractivity contribution is 5.67. The van der Waals surface area contributed by atoms with Crippen LogP contribution in [0.1, 0.15) is 39.0 Å². The van der Waals surface area contributed by atoms with E-state index in [0.29, 0.717) is 19.3 Å². The zero-order valence-corrected chi connectivity index (χ0v) is 12.1. The van der Waals surface area contributed by atoms with Gasteiger partial charge in [0.15, 0.2) is 0 Å². The Kier molecular flexibility index (Phi) is 7.08. The van der Waals surface area contributed by atoms with Crippen LogP contribution in [0.4, 0.5) is 0 Å². The number of carbonyl (C=O) groups is 3. The van der Waals surface area contributed by atoms with Crippen LogP contribution in [0.3, 0.4) is 0 Å². The molecule has 2 N–H and O–H groups in total. The number of esters is 1. The number of hydrogen-bond acceptors (Lipinski definition) is 5. The van der Waals surface area contributed by atoms with Crippen LogP contribution in [0.5, 0.6) is 0 Å². The molecule has 0 aromatic carbocycles. The molecule has 6 heteroatoms. The van der Waals surface area contributed by atoms with Crippen LogP contribution in [-0.2, 0) is 19.1 Å². The molecule has 4 atom stereocenters. The van der Waals surface area contributed by atoms with Crippen molar-refractivity contribution in [3.8, 4) is 0 Å². The first kappa shape index (κ1) is 17.4. The Balaban J connectivity index is 2.50. The molecule has 1 saturated carbocycles. The quantitative estimate of drug-likeness (QED) is 0.303. The lowest BCUT2D eigenvalue weighted by Gasteiger charge is -2.20. The van der Waals surface area contributed by atoms with Gasteiger partial charge < -0.3 is 19.7 Å². The molecular weight excluding hydrogens is 276 g/mol. The molecule has 118 valence electrons. The van der Waals surface area contributed by atoms with Crippen molar-refractivity contribution >= 4 is 18.2 Å². The van der Waals surface area contributed by atoms with E-state index in [1.54, 1.807) is 0 Å². The minimum atomic E-state index is -0.821. The molecule has 0 amide bonds. The number of aliphatic hydroxyl groups is 1. The van der Waals surface area contributed by atoms with Gasteiger partial charge in [-0.3, -0.25) is 9.59 Å². The van der Waals surface area contributed by atoms with Gasteiger partial charge in [0.1, 0.15) is 12.4 Å². The SMILES string of the molecule is CC(=O)O[C@@H]1C[C@H](O)[C@@H](C=O)[C@@H]1C/C=C\CCCC(=O)O. The number of rotatable bonds is 8. The van der Waals surface area contributed by atoms with Crippen molar-refractivity contribution in [3.05, 3.63) is 12.2 Å². The highest BCUT2D eigenvalue weighted by Crippen LogP contribution is 2.36. The van der Waals surface area contributed by atoms with E-state index in [-0.39, 0.29) is 18.8 Å². The topological polar surface area (TPSA) is 101 Å². The van der Waals surface area contributed by atoms with Crippen LogP contribution in [0.15, 0.2) is 12.2 Å². The Bertz CT molecular complexity index is 403. The second kappa shape index (κ2) is 8.56. The van der Waals surface area contributed by atoms with Crippen molar-refractivity contribution in [2.45, 2.75) is 51.2 Å². The van der Waals surface area contributed by atoms with E-state index >= 15 is 0 Å². The molecule has 0 spiro atoms. The fourth-order valence-corrected chi connectivity index (χ4v) is 2.69. The van der Waals surface area contributed by atoms with Crippen LogP contribution in [0.25, 0.3) is 0 Å². The Morgan fingerprint density at radius 3 is 2.62 bits per heavy atom. The van der Waals surface area contributed by atoms with Gasteiger partial charge in [-0.1, -0.05) is 12.2 Å². The molecule has 1 fully saturated rings. The maximum Gasteiger partial charge on any atom is 0.303 e. The van der Waals surface area contributed by atoms with Crippen LogP contribution in [0.2, 0.25) is 0 Å². The van der Waals surface area contributed by atoms with E-state index in [9.17, 15) is 19.5 Å². The minimum absolute atomic E-state index is 0.125. The molecule has 0 bridgehead atoms. The van der Waals surface area contributed by atoms with Crippen LogP contribution < -0.4 is 0 Å². The van der Waals surface area contributed by atoms with Crippen molar-refractivity contribution in [1.82, 2.24) is 0 Å². The van der Waals surface area contributed by atoms with Crippen molar-refractivity contribution in [3.63, 3.8) is 0 Å². The number of carbonyl (C=O) groups excluding carboxylic acids is 2. The number of ether oxygens (including phenoxy) is 1. The third kappa shape index (κ3) is 5.67. The molecule has 1 aliphatic carbocycles. The summed E-state index contributed by atoms with van der Waals surface area (Å²) in [4.78, 5) is 32.5. The maximum absolute atomic E-state index is 11.1. The lowest BCUT2D eigenvalue weighted by atomic mass is 9.91. The molecule has 0 heterocycles. The molecule has 0 aromatic rings. The summed E-state index contributed by atoms with van der Waals surface area (Å²) in [7, 11) is 0. The zero-order chi connectivity index (χ0) is 15.8.